The van der Waals surface area contributed by atoms with Crippen LogP contribution in [-0.4, -0.2) is 19.8 Å². The molecule has 1 aromatic heterocycles. The highest BCUT2D eigenvalue weighted by atomic mass is 35.5. The van der Waals surface area contributed by atoms with E-state index in [-0.39, 0.29) is 10.8 Å². The number of nitrogens with zero attached hydrogens (tertiary/aromatic N) is 3. The van der Waals surface area contributed by atoms with E-state index in [4.69, 9.17) is 23.8 Å². The van der Waals surface area contributed by atoms with Gasteiger partial charge in [0.1, 0.15) is 12.4 Å². The maximum Gasteiger partial charge on any atom is 0.307 e. The van der Waals surface area contributed by atoms with E-state index in [0.717, 1.165) is 11.9 Å². The second kappa shape index (κ2) is 5.11. The molecule has 0 unspecified atom stereocenters. The minimum absolute atomic E-state index is 0.116. The van der Waals surface area contributed by atoms with E-state index in [2.05, 4.69) is 10.4 Å². The Morgan fingerprint density at radius 2 is 2.11 bits per heavy atom. The van der Waals surface area contributed by atoms with Crippen LogP contribution in [0.1, 0.15) is 0 Å². The van der Waals surface area contributed by atoms with Crippen LogP contribution in [0.5, 0.6) is 0 Å². The van der Waals surface area contributed by atoms with Gasteiger partial charge in [-0.25, -0.2) is 4.68 Å². The Labute approximate surface area is 112 Å². The topological polar surface area (TPSA) is 73.0 Å². The molecule has 0 aliphatic rings. The van der Waals surface area contributed by atoms with Gasteiger partial charge in [0.2, 0.25) is 0 Å². The van der Waals surface area contributed by atoms with Gasteiger partial charge in [0.15, 0.2) is 5.11 Å². The van der Waals surface area contributed by atoms with Gasteiger partial charge < -0.3 is 5.32 Å². The fourth-order valence-electron chi connectivity index (χ4n) is 1.23. The minimum atomic E-state index is -0.533. The molecule has 2 rings (SSSR count). The van der Waals surface area contributed by atoms with Crippen LogP contribution in [0.4, 0.5) is 11.4 Å². The number of hydrogen-bond acceptors (Lipinski definition) is 4. The normalized spacial score (nSPS) is 10.1. The Kier molecular flexibility index (Phi) is 3.54. The van der Waals surface area contributed by atoms with Crippen molar-refractivity contribution in [1.82, 2.24) is 9.78 Å². The summed E-state index contributed by atoms with van der Waals surface area (Å²) in [6, 6.07) is 6.90. The monoisotopic (exact) mass is 282 g/mol. The summed E-state index contributed by atoms with van der Waals surface area (Å²) in [6.07, 6.45) is 2.38. The predicted molar refractivity (Wildman–Crippen MR) is 72.0 cm³/mol. The lowest BCUT2D eigenvalue weighted by molar-refractivity contribution is -0.384. The van der Waals surface area contributed by atoms with Crippen molar-refractivity contribution in [3.8, 4) is 0 Å². The molecule has 0 aliphatic carbocycles. The molecular formula is C10H7ClN4O2S. The van der Waals surface area contributed by atoms with Crippen molar-refractivity contribution in [2.75, 3.05) is 5.32 Å². The van der Waals surface area contributed by atoms with Crippen molar-refractivity contribution in [3.63, 3.8) is 0 Å². The third-order valence-corrected chi connectivity index (χ3v) is 2.62. The quantitative estimate of drug-likeness (QED) is 0.521. The summed E-state index contributed by atoms with van der Waals surface area (Å²) in [4.78, 5) is 9.97. The fraction of sp³-hybridized carbons (Fsp3) is 0. The largest absolute Gasteiger partial charge is 0.331 e. The second-order valence-electron chi connectivity index (χ2n) is 3.34. The first-order valence-corrected chi connectivity index (χ1v) is 5.61. The molecular weight excluding hydrogens is 276 g/mol. The van der Waals surface area contributed by atoms with Crippen molar-refractivity contribution >= 4 is 40.3 Å². The SMILES string of the molecule is O=[N+]([O-])c1cnn(C(=S)Nc2ccc(Cl)cc2)c1. The van der Waals surface area contributed by atoms with Crippen molar-refractivity contribution < 1.29 is 4.92 Å². The zero-order valence-electron chi connectivity index (χ0n) is 8.91. The molecule has 1 aromatic carbocycles. The first-order valence-electron chi connectivity index (χ1n) is 4.82. The molecule has 0 atom stereocenters. The Hall–Kier alpha value is -1.99. The van der Waals surface area contributed by atoms with Crippen molar-refractivity contribution in [2.24, 2.45) is 0 Å². The number of aromatic nitrogens is 2. The lowest BCUT2D eigenvalue weighted by Gasteiger charge is -2.06. The zero-order valence-corrected chi connectivity index (χ0v) is 10.5. The van der Waals surface area contributed by atoms with E-state index in [1.165, 1.54) is 10.9 Å². The highest BCUT2D eigenvalue weighted by Gasteiger charge is 2.11. The Morgan fingerprint density at radius 3 is 2.67 bits per heavy atom. The third kappa shape index (κ3) is 2.82. The van der Waals surface area contributed by atoms with Crippen LogP contribution in [0.3, 0.4) is 0 Å². The van der Waals surface area contributed by atoms with E-state index < -0.39 is 4.92 Å². The molecule has 0 saturated carbocycles. The Bertz CT molecular complexity index is 596. The highest BCUT2D eigenvalue weighted by molar-refractivity contribution is 7.80. The molecule has 0 radical (unpaired) electrons. The number of halogens is 1. The lowest BCUT2D eigenvalue weighted by atomic mass is 10.3. The van der Waals surface area contributed by atoms with Crippen molar-refractivity contribution in [2.45, 2.75) is 0 Å². The smallest absolute Gasteiger partial charge is 0.307 e. The first-order chi connectivity index (χ1) is 8.56. The molecule has 0 spiro atoms. The van der Waals surface area contributed by atoms with Gasteiger partial charge in [0.05, 0.1) is 4.92 Å². The van der Waals surface area contributed by atoms with E-state index >= 15 is 0 Å². The van der Waals surface area contributed by atoms with Crippen molar-refractivity contribution in [1.29, 1.82) is 0 Å². The van der Waals surface area contributed by atoms with Crippen LogP contribution in [-0.2, 0) is 0 Å². The number of benzene rings is 1. The van der Waals surface area contributed by atoms with Gasteiger partial charge in [-0.1, -0.05) is 11.6 Å². The van der Waals surface area contributed by atoms with E-state index in [1.54, 1.807) is 24.3 Å². The number of anilines is 1. The van der Waals surface area contributed by atoms with Gasteiger partial charge in [-0.05, 0) is 36.5 Å². The minimum Gasteiger partial charge on any atom is -0.331 e. The molecule has 0 aliphatic heterocycles. The molecule has 1 N–H and O–H groups in total. The maximum absolute atomic E-state index is 10.5. The fourth-order valence-corrected chi connectivity index (χ4v) is 1.58. The van der Waals surface area contributed by atoms with E-state index in [9.17, 15) is 10.1 Å². The average molecular weight is 283 g/mol. The second-order valence-corrected chi connectivity index (χ2v) is 4.16. The molecule has 6 nitrogen and oxygen atoms in total. The van der Waals surface area contributed by atoms with Crippen LogP contribution in [0, 0.1) is 10.1 Å². The van der Waals surface area contributed by atoms with Crippen molar-refractivity contribution in [3.05, 3.63) is 51.8 Å². The first kappa shape index (κ1) is 12.5. The molecule has 0 bridgehead atoms. The molecule has 0 saturated heterocycles. The van der Waals surface area contributed by atoms with Gasteiger partial charge in [-0.15, -0.1) is 0 Å². The molecule has 92 valence electrons. The van der Waals surface area contributed by atoms with Crippen LogP contribution < -0.4 is 5.32 Å². The summed E-state index contributed by atoms with van der Waals surface area (Å²) < 4.78 is 1.22. The van der Waals surface area contributed by atoms with E-state index in [1.807, 2.05) is 0 Å². The average Bonchev–Trinajstić information content (AvgIpc) is 2.81. The lowest BCUT2D eigenvalue weighted by Crippen LogP contribution is -2.19. The summed E-state index contributed by atoms with van der Waals surface area (Å²) in [6.45, 7) is 0. The predicted octanol–water partition coefficient (Wildman–Crippen LogP) is 2.69. The summed E-state index contributed by atoms with van der Waals surface area (Å²) in [5.74, 6) is 0. The summed E-state index contributed by atoms with van der Waals surface area (Å²) in [5.41, 5.74) is 0.609. The van der Waals surface area contributed by atoms with Crippen LogP contribution in [0.2, 0.25) is 5.02 Å². The molecule has 0 fully saturated rings. The summed E-state index contributed by atoms with van der Waals surface area (Å²) in [5, 5.41) is 18.0. The Balaban J connectivity index is 2.11. The van der Waals surface area contributed by atoms with Gasteiger partial charge >= 0.3 is 5.69 Å². The van der Waals surface area contributed by atoms with Gasteiger partial charge in [0.25, 0.3) is 0 Å². The standard InChI is InChI=1S/C10H7ClN4O2S/c11-7-1-3-8(4-2-7)13-10(18)14-6-9(5-12-14)15(16)17/h1-6H,(H,13,18). The molecule has 18 heavy (non-hydrogen) atoms. The van der Waals surface area contributed by atoms with Crippen LogP contribution in [0.25, 0.3) is 0 Å². The van der Waals surface area contributed by atoms with Gasteiger partial charge in [-0.2, -0.15) is 5.10 Å². The maximum atomic E-state index is 10.5. The van der Waals surface area contributed by atoms with Gasteiger partial charge in [-0.3, -0.25) is 10.1 Å². The molecule has 0 amide bonds. The number of hydrogen-bond donors (Lipinski definition) is 1. The highest BCUT2D eigenvalue weighted by Crippen LogP contribution is 2.14. The summed E-state index contributed by atoms with van der Waals surface area (Å²) in [7, 11) is 0. The molecule has 1 heterocycles. The van der Waals surface area contributed by atoms with Crippen LogP contribution in [0.15, 0.2) is 36.7 Å². The number of nitrogens with one attached hydrogen (secondary N) is 1. The molecule has 8 heteroatoms. The van der Waals surface area contributed by atoms with Crippen LogP contribution >= 0.6 is 23.8 Å². The number of thiocarbonyl (C=S) groups is 1. The zero-order chi connectivity index (χ0) is 13.1. The van der Waals surface area contributed by atoms with Gasteiger partial charge in [0, 0.05) is 10.7 Å². The third-order valence-electron chi connectivity index (χ3n) is 2.08. The number of nitro groups is 1. The number of rotatable bonds is 2. The van der Waals surface area contributed by atoms with E-state index in [0.29, 0.717) is 5.02 Å². The Morgan fingerprint density at radius 1 is 1.44 bits per heavy atom. The molecule has 2 aromatic rings. The summed E-state index contributed by atoms with van der Waals surface area (Å²) >= 11 is 10.8.